The molecule has 2 aliphatic heterocycles. The molecular formula is C12H20O5. The number of carboxylic acid groups (broad SMARTS) is 1. The van der Waals surface area contributed by atoms with Crippen LogP contribution in [0.2, 0.25) is 0 Å². The lowest BCUT2D eigenvalue weighted by atomic mass is 9.65. The Morgan fingerprint density at radius 2 is 1.82 bits per heavy atom. The maximum atomic E-state index is 11.6. The average molecular weight is 244 g/mol. The first kappa shape index (κ1) is 12.8. The zero-order valence-electron chi connectivity index (χ0n) is 10.4. The Kier molecular flexibility index (Phi) is 2.96. The molecule has 98 valence electrons. The lowest BCUT2D eigenvalue weighted by Crippen LogP contribution is -2.56. The highest BCUT2D eigenvalue weighted by Crippen LogP contribution is 2.49. The molecule has 2 saturated heterocycles. The van der Waals surface area contributed by atoms with Gasteiger partial charge in [0, 0.05) is 19.6 Å². The van der Waals surface area contributed by atoms with Crippen molar-refractivity contribution in [1.29, 1.82) is 0 Å². The Labute approximate surface area is 101 Å². The minimum Gasteiger partial charge on any atom is -0.481 e. The number of carboxylic acids is 1. The second-order valence-electron chi connectivity index (χ2n) is 5.76. The Morgan fingerprint density at radius 3 is 2.24 bits per heavy atom. The lowest BCUT2D eigenvalue weighted by molar-refractivity contribution is -0.183. The zero-order chi connectivity index (χ0) is 12.7. The molecule has 0 aromatic carbocycles. The Bertz CT molecular complexity index is 319. The summed E-state index contributed by atoms with van der Waals surface area (Å²) in [5.74, 6) is -0.940. The third-order valence-corrected chi connectivity index (χ3v) is 4.07. The van der Waals surface area contributed by atoms with Gasteiger partial charge < -0.3 is 19.7 Å². The fourth-order valence-corrected chi connectivity index (χ4v) is 3.03. The van der Waals surface area contributed by atoms with Crippen LogP contribution >= 0.6 is 0 Å². The molecule has 0 aromatic heterocycles. The third-order valence-electron chi connectivity index (χ3n) is 4.07. The molecule has 0 saturated carbocycles. The van der Waals surface area contributed by atoms with E-state index in [9.17, 15) is 15.0 Å². The summed E-state index contributed by atoms with van der Waals surface area (Å²) >= 11 is 0. The number of hydrogen-bond donors (Lipinski definition) is 2. The molecule has 2 N–H and O–H groups in total. The van der Waals surface area contributed by atoms with E-state index in [4.69, 9.17) is 9.47 Å². The maximum Gasteiger partial charge on any atom is 0.312 e. The van der Waals surface area contributed by atoms with E-state index in [1.807, 2.05) is 13.8 Å². The van der Waals surface area contributed by atoms with Crippen LogP contribution in [-0.2, 0) is 14.3 Å². The molecule has 0 amide bonds. The van der Waals surface area contributed by atoms with Gasteiger partial charge >= 0.3 is 5.97 Å². The molecule has 2 aliphatic rings. The predicted molar refractivity (Wildman–Crippen MR) is 59.7 cm³/mol. The highest BCUT2D eigenvalue weighted by molar-refractivity contribution is 5.76. The van der Waals surface area contributed by atoms with Crippen molar-refractivity contribution in [2.45, 2.75) is 44.3 Å². The van der Waals surface area contributed by atoms with Crippen molar-refractivity contribution in [3.63, 3.8) is 0 Å². The van der Waals surface area contributed by atoms with E-state index in [-0.39, 0.29) is 6.61 Å². The number of aliphatic carboxylic acids is 1. The largest absolute Gasteiger partial charge is 0.481 e. The van der Waals surface area contributed by atoms with E-state index in [0.29, 0.717) is 32.5 Å². The molecule has 5 nitrogen and oxygen atoms in total. The van der Waals surface area contributed by atoms with Crippen molar-refractivity contribution < 1.29 is 24.5 Å². The molecule has 2 rings (SSSR count). The Balaban J connectivity index is 2.30. The summed E-state index contributed by atoms with van der Waals surface area (Å²) in [4.78, 5) is 11.6. The summed E-state index contributed by atoms with van der Waals surface area (Å²) in [6.07, 6.45) is 1.04. The first-order valence-corrected chi connectivity index (χ1v) is 5.99. The normalized spacial score (nSPS) is 35.7. The molecule has 0 aliphatic carbocycles. The highest BCUT2D eigenvalue weighted by Gasteiger charge is 2.61. The van der Waals surface area contributed by atoms with Crippen molar-refractivity contribution in [3.05, 3.63) is 0 Å². The molecule has 2 heterocycles. The third kappa shape index (κ3) is 1.96. The van der Waals surface area contributed by atoms with Gasteiger partial charge in [-0.25, -0.2) is 0 Å². The van der Waals surface area contributed by atoms with Crippen LogP contribution in [0, 0.1) is 5.41 Å². The van der Waals surface area contributed by atoms with Crippen molar-refractivity contribution in [1.82, 2.24) is 0 Å². The van der Waals surface area contributed by atoms with Crippen LogP contribution in [-0.4, -0.2) is 47.2 Å². The van der Waals surface area contributed by atoms with Gasteiger partial charge in [0.05, 0.1) is 12.2 Å². The molecule has 1 unspecified atom stereocenters. The average Bonchev–Trinajstić information content (AvgIpc) is 2.55. The molecule has 0 aromatic rings. The van der Waals surface area contributed by atoms with Gasteiger partial charge in [-0.1, -0.05) is 0 Å². The molecule has 0 bridgehead atoms. The van der Waals surface area contributed by atoms with E-state index in [2.05, 4.69) is 0 Å². The molecule has 1 atom stereocenters. The van der Waals surface area contributed by atoms with E-state index in [1.165, 1.54) is 0 Å². The van der Waals surface area contributed by atoms with Crippen LogP contribution in [0.5, 0.6) is 0 Å². The Hall–Kier alpha value is -0.650. The lowest BCUT2D eigenvalue weighted by Gasteiger charge is -2.43. The van der Waals surface area contributed by atoms with E-state index in [0.717, 1.165) is 0 Å². The number of hydrogen-bond acceptors (Lipinski definition) is 4. The quantitative estimate of drug-likeness (QED) is 0.751. The van der Waals surface area contributed by atoms with Crippen LogP contribution in [0.25, 0.3) is 0 Å². The van der Waals surface area contributed by atoms with Gasteiger partial charge in [-0.05, 0) is 26.7 Å². The van der Waals surface area contributed by atoms with E-state index >= 15 is 0 Å². The van der Waals surface area contributed by atoms with Gasteiger partial charge in [-0.2, -0.15) is 0 Å². The summed E-state index contributed by atoms with van der Waals surface area (Å²) in [6.45, 7) is 4.61. The van der Waals surface area contributed by atoms with Crippen molar-refractivity contribution in [3.8, 4) is 0 Å². The van der Waals surface area contributed by atoms with Gasteiger partial charge in [0.2, 0.25) is 0 Å². The maximum absolute atomic E-state index is 11.6. The van der Waals surface area contributed by atoms with Crippen LogP contribution in [0.15, 0.2) is 0 Å². The minimum atomic E-state index is -1.29. The van der Waals surface area contributed by atoms with Crippen molar-refractivity contribution in [2.75, 3.05) is 19.8 Å². The van der Waals surface area contributed by atoms with Crippen LogP contribution < -0.4 is 0 Å². The topological polar surface area (TPSA) is 76.0 Å². The van der Waals surface area contributed by atoms with E-state index < -0.39 is 22.6 Å². The number of ether oxygens (including phenoxy) is 2. The molecular weight excluding hydrogens is 224 g/mol. The molecule has 0 radical (unpaired) electrons. The standard InChI is InChI=1S/C12H20O5/c1-10(2)7-12(15,8-17-10)11(9(13)14)3-5-16-6-4-11/h15H,3-8H2,1-2H3,(H,13,14). The number of carbonyl (C=O) groups is 1. The fourth-order valence-electron chi connectivity index (χ4n) is 3.03. The first-order chi connectivity index (χ1) is 7.81. The van der Waals surface area contributed by atoms with Gasteiger partial charge in [0.1, 0.15) is 11.0 Å². The van der Waals surface area contributed by atoms with Crippen molar-refractivity contribution in [2.24, 2.45) is 5.41 Å². The summed E-state index contributed by atoms with van der Waals surface area (Å²) in [5.41, 5.74) is -2.87. The molecule has 17 heavy (non-hydrogen) atoms. The number of rotatable bonds is 2. The summed E-state index contributed by atoms with van der Waals surface area (Å²) in [6, 6.07) is 0. The predicted octanol–water partition coefficient (Wildman–Crippen LogP) is 0.798. The smallest absolute Gasteiger partial charge is 0.312 e. The zero-order valence-corrected chi connectivity index (χ0v) is 10.4. The van der Waals surface area contributed by atoms with Gasteiger partial charge in [-0.3, -0.25) is 4.79 Å². The van der Waals surface area contributed by atoms with Crippen LogP contribution in [0.4, 0.5) is 0 Å². The minimum absolute atomic E-state index is 0.0896. The van der Waals surface area contributed by atoms with Crippen LogP contribution in [0.3, 0.4) is 0 Å². The number of aliphatic hydroxyl groups is 1. The Morgan fingerprint density at radius 1 is 1.24 bits per heavy atom. The summed E-state index contributed by atoms with van der Waals surface area (Å²) < 4.78 is 10.7. The van der Waals surface area contributed by atoms with Gasteiger partial charge in [0.25, 0.3) is 0 Å². The fraction of sp³-hybridized carbons (Fsp3) is 0.917. The second-order valence-corrected chi connectivity index (χ2v) is 5.76. The summed E-state index contributed by atoms with van der Waals surface area (Å²) in [5, 5.41) is 20.2. The molecule has 5 heteroatoms. The first-order valence-electron chi connectivity index (χ1n) is 5.99. The monoisotopic (exact) mass is 244 g/mol. The highest BCUT2D eigenvalue weighted by atomic mass is 16.5. The van der Waals surface area contributed by atoms with Gasteiger partial charge in [-0.15, -0.1) is 0 Å². The summed E-state index contributed by atoms with van der Waals surface area (Å²) in [7, 11) is 0. The molecule has 0 spiro atoms. The second kappa shape index (κ2) is 3.93. The van der Waals surface area contributed by atoms with E-state index in [1.54, 1.807) is 0 Å². The molecule has 2 fully saturated rings. The van der Waals surface area contributed by atoms with Gasteiger partial charge in [0.15, 0.2) is 0 Å². The van der Waals surface area contributed by atoms with Crippen LogP contribution in [0.1, 0.15) is 33.1 Å². The SMILES string of the molecule is CC1(C)CC(O)(C2(C(=O)O)CCOCC2)CO1. The van der Waals surface area contributed by atoms with Crippen molar-refractivity contribution >= 4 is 5.97 Å².